The number of benzene rings is 4. The lowest BCUT2D eigenvalue weighted by Gasteiger charge is -2.27. The second kappa shape index (κ2) is 8.91. The molecule has 0 unspecified atom stereocenters. The van der Waals surface area contributed by atoms with Crippen LogP contribution in [0, 0.1) is 0 Å². The van der Waals surface area contributed by atoms with E-state index in [0.717, 1.165) is 10.3 Å². The number of imide groups is 1. The number of anilines is 1. The Labute approximate surface area is 211 Å². The molecule has 0 atom stereocenters. The molecular weight excluding hydrogens is 474 g/mol. The third kappa shape index (κ3) is 3.88. The summed E-state index contributed by atoms with van der Waals surface area (Å²) in [7, 11) is 0. The number of fused-ring (bicyclic) bond motifs is 1. The summed E-state index contributed by atoms with van der Waals surface area (Å²) in [6.45, 7) is 0.386. The van der Waals surface area contributed by atoms with Crippen LogP contribution in [0.15, 0.2) is 78.9 Å². The van der Waals surface area contributed by atoms with Gasteiger partial charge in [0, 0.05) is 22.1 Å². The minimum Gasteiger partial charge on any atom is -0.486 e. The number of rotatable bonds is 5. The van der Waals surface area contributed by atoms with Gasteiger partial charge in [-0.05, 0) is 60.0 Å². The van der Waals surface area contributed by atoms with Gasteiger partial charge in [-0.25, -0.2) is 9.69 Å². The van der Waals surface area contributed by atoms with Crippen LogP contribution in [0.4, 0.5) is 5.69 Å². The molecule has 0 saturated heterocycles. The molecule has 0 spiro atoms. The number of Topliss-reactive ketones (excluding diaryl/α,β-unsaturated/α-hetero) is 1. The molecule has 6 rings (SSSR count). The summed E-state index contributed by atoms with van der Waals surface area (Å²) < 4.78 is 16.1. The van der Waals surface area contributed by atoms with Gasteiger partial charge < -0.3 is 14.2 Å². The monoisotopic (exact) mass is 493 g/mol. The average molecular weight is 493 g/mol. The first-order valence-electron chi connectivity index (χ1n) is 11.6. The maximum atomic E-state index is 13.2. The van der Waals surface area contributed by atoms with E-state index in [1.165, 1.54) is 24.3 Å². The molecule has 4 aromatic carbocycles. The summed E-state index contributed by atoms with van der Waals surface area (Å²) >= 11 is 0. The van der Waals surface area contributed by atoms with Gasteiger partial charge in [0.05, 0.1) is 11.3 Å². The quantitative estimate of drug-likeness (QED) is 0.230. The Balaban J connectivity index is 1.16. The molecule has 0 aliphatic carbocycles. The third-order valence-electron chi connectivity index (χ3n) is 6.33. The first-order chi connectivity index (χ1) is 18.0. The molecule has 2 amide bonds. The van der Waals surface area contributed by atoms with Crippen molar-refractivity contribution in [1.29, 1.82) is 0 Å². The molecule has 0 N–H and O–H groups in total. The van der Waals surface area contributed by atoms with Crippen molar-refractivity contribution in [3.8, 4) is 11.5 Å². The van der Waals surface area contributed by atoms with E-state index in [1.807, 2.05) is 12.1 Å². The number of carbonyl (C=O) groups is 4. The standard InChI is InChI=1S/C29H19NO7/c31-23(19-9-12-24-25(15-19)36-14-13-35-24)16-37-29(34)18-7-10-20(11-8-18)30-27(32)21-5-1-3-17-4-2-6-22(26(17)21)28(30)33/h1-12,15H,13-14,16H2. The third-order valence-corrected chi connectivity index (χ3v) is 6.33. The Bertz CT molecular complexity index is 1560. The summed E-state index contributed by atoms with van der Waals surface area (Å²) in [5.74, 6) is -0.933. The highest BCUT2D eigenvalue weighted by atomic mass is 16.6. The summed E-state index contributed by atoms with van der Waals surface area (Å²) in [5.41, 5.74) is 1.72. The van der Waals surface area contributed by atoms with Gasteiger partial charge in [0.25, 0.3) is 11.8 Å². The van der Waals surface area contributed by atoms with Crippen LogP contribution in [-0.4, -0.2) is 43.4 Å². The van der Waals surface area contributed by atoms with E-state index in [4.69, 9.17) is 14.2 Å². The second-order valence-electron chi connectivity index (χ2n) is 8.56. The van der Waals surface area contributed by atoms with Gasteiger partial charge in [0.1, 0.15) is 13.2 Å². The highest BCUT2D eigenvalue weighted by Crippen LogP contribution is 2.33. The molecule has 0 fully saturated rings. The van der Waals surface area contributed by atoms with Crippen molar-refractivity contribution in [2.45, 2.75) is 0 Å². The molecule has 8 nitrogen and oxygen atoms in total. The van der Waals surface area contributed by atoms with Gasteiger partial charge in [-0.1, -0.05) is 24.3 Å². The maximum absolute atomic E-state index is 13.2. The lowest BCUT2D eigenvalue weighted by atomic mass is 9.94. The molecule has 0 saturated carbocycles. The topological polar surface area (TPSA) is 99.2 Å². The Morgan fingerprint density at radius 1 is 0.757 bits per heavy atom. The van der Waals surface area contributed by atoms with E-state index in [9.17, 15) is 19.2 Å². The van der Waals surface area contributed by atoms with Gasteiger partial charge in [-0.15, -0.1) is 0 Å². The van der Waals surface area contributed by atoms with Crippen LogP contribution in [0.25, 0.3) is 10.8 Å². The van der Waals surface area contributed by atoms with E-state index in [1.54, 1.807) is 42.5 Å². The number of ether oxygens (including phenoxy) is 3. The molecule has 37 heavy (non-hydrogen) atoms. The van der Waals surface area contributed by atoms with Crippen molar-refractivity contribution in [3.05, 3.63) is 101 Å². The predicted molar refractivity (Wildman–Crippen MR) is 134 cm³/mol. The molecule has 4 aromatic rings. The van der Waals surface area contributed by atoms with Gasteiger partial charge in [0.15, 0.2) is 23.9 Å². The number of hydrogen-bond acceptors (Lipinski definition) is 7. The van der Waals surface area contributed by atoms with Crippen LogP contribution >= 0.6 is 0 Å². The van der Waals surface area contributed by atoms with Crippen molar-refractivity contribution in [3.63, 3.8) is 0 Å². The van der Waals surface area contributed by atoms with E-state index in [0.29, 0.717) is 52.5 Å². The number of ketones is 1. The molecule has 0 bridgehead atoms. The minimum absolute atomic E-state index is 0.179. The number of amides is 2. The Morgan fingerprint density at radius 2 is 1.38 bits per heavy atom. The Kier molecular flexibility index (Phi) is 5.41. The Morgan fingerprint density at radius 3 is 2.05 bits per heavy atom. The van der Waals surface area contributed by atoms with E-state index in [2.05, 4.69) is 0 Å². The van der Waals surface area contributed by atoms with Gasteiger partial charge >= 0.3 is 5.97 Å². The van der Waals surface area contributed by atoms with Crippen molar-refractivity contribution in [2.75, 3.05) is 24.7 Å². The van der Waals surface area contributed by atoms with Gasteiger partial charge in [-0.2, -0.15) is 0 Å². The number of esters is 1. The lowest BCUT2D eigenvalue weighted by Crippen LogP contribution is -2.40. The van der Waals surface area contributed by atoms with Crippen LogP contribution in [-0.2, 0) is 4.74 Å². The van der Waals surface area contributed by atoms with E-state index < -0.39 is 24.4 Å². The lowest BCUT2D eigenvalue weighted by molar-refractivity contribution is 0.0474. The van der Waals surface area contributed by atoms with Gasteiger partial charge in [-0.3, -0.25) is 14.4 Å². The van der Waals surface area contributed by atoms with E-state index >= 15 is 0 Å². The number of nitrogens with zero attached hydrogens (tertiary/aromatic N) is 1. The fourth-order valence-electron chi connectivity index (χ4n) is 4.53. The Hall–Kier alpha value is -4.98. The number of carbonyl (C=O) groups excluding carboxylic acids is 4. The fraction of sp³-hybridized carbons (Fsp3) is 0.103. The molecule has 2 aliphatic rings. The average Bonchev–Trinajstić information content (AvgIpc) is 2.94. The minimum atomic E-state index is -0.705. The summed E-state index contributed by atoms with van der Waals surface area (Å²) in [6, 6.07) is 21.4. The fourth-order valence-corrected chi connectivity index (χ4v) is 4.53. The molecule has 182 valence electrons. The smallest absolute Gasteiger partial charge is 0.338 e. The van der Waals surface area contributed by atoms with Gasteiger partial charge in [0.2, 0.25) is 0 Å². The molecular formula is C29H19NO7. The molecule has 0 radical (unpaired) electrons. The summed E-state index contributed by atoms with van der Waals surface area (Å²) in [4.78, 5) is 52.6. The number of hydrogen-bond donors (Lipinski definition) is 0. The normalized spacial score (nSPS) is 14.0. The van der Waals surface area contributed by atoms with Crippen LogP contribution in [0.3, 0.4) is 0 Å². The molecule has 0 aromatic heterocycles. The predicted octanol–water partition coefficient (Wildman–Crippen LogP) is 4.45. The summed E-state index contributed by atoms with van der Waals surface area (Å²) in [6.07, 6.45) is 0. The van der Waals surface area contributed by atoms with Crippen LogP contribution < -0.4 is 14.4 Å². The highest BCUT2D eigenvalue weighted by molar-refractivity contribution is 6.35. The molecule has 2 aliphatic heterocycles. The summed E-state index contributed by atoms with van der Waals surface area (Å²) in [5, 5.41) is 1.46. The first kappa shape index (κ1) is 22.5. The van der Waals surface area contributed by atoms with Crippen LogP contribution in [0.1, 0.15) is 41.4 Å². The zero-order valence-corrected chi connectivity index (χ0v) is 19.4. The molecule has 8 heteroatoms. The zero-order chi connectivity index (χ0) is 25.5. The molecule has 2 heterocycles. The van der Waals surface area contributed by atoms with Crippen molar-refractivity contribution in [2.24, 2.45) is 0 Å². The highest BCUT2D eigenvalue weighted by Gasteiger charge is 2.33. The first-order valence-corrected chi connectivity index (χ1v) is 11.6. The SMILES string of the molecule is O=C(COC(=O)c1ccc(N2C(=O)c3cccc4cccc(c34)C2=O)cc1)c1ccc2c(c1)OCCO2. The van der Waals surface area contributed by atoms with Crippen LogP contribution in [0.5, 0.6) is 11.5 Å². The maximum Gasteiger partial charge on any atom is 0.338 e. The largest absolute Gasteiger partial charge is 0.486 e. The zero-order valence-electron chi connectivity index (χ0n) is 19.4. The second-order valence-corrected chi connectivity index (χ2v) is 8.56. The van der Waals surface area contributed by atoms with E-state index in [-0.39, 0.29) is 11.3 Å². The van der Waals surface area contributed by atoms with Crippen molar-refractivity contribution >= 4 is 40.0 Å². The van der Waals surface area contributed by atoms with Crippen LogP contribution in [0.2, 0.25) is 0 Å². The van der Waals surface area contributed by atoms with Crippen molar-refractivity contribution < 1.29 is 33.4 Å². The van der Waals surface area contributed by atoms with Crippen molar-refractivity contribution in [1.82, 2.24) is 0 Å².